The lowest BCUT2D eigenvalue weighted by atomic mass is 10.3. The Kier molecular flexibility index (Phi) is 4.70. The van der Waals surface area contributed by atoms with Crippen molar-refractivity contribution in [2.45, 2.75) is 37.2 Å². The monoisotopic (exact) mass is 325 g/mol. The van der Waals surface area contributed by atoms with Gasteiger partial charge in [-0.05, 0) is 44.2 Å². The van der Waals surface area contributed by atoms with Gasteiger partial charge in [0.25, 0.3) is 0 Å². The van der Waals surface area contributed by atoms with Gasteiger partial charge in [0.2, 0.25) is 10.0 Å². The van der Waals surface area contributed by atoms with Crippen LogP contribution in [-0.2, 0) is 14.8 Å². The van der Waals surface area contributed by atoms with E-state index < -0.39 is 10.0 Å². The number of sulfonamides is 1. The maximum Gasteiger partial charge on any atom is 0.246 e. The van der Waals surface area contributed by atoms with E-state index in [-0.39, 0.29) is 11.0 Å². The van der Waals surface area contributed by atoms with Crippen molar-refractivity contribution in [1.29, 1.82) is 0 Å². The summed E-state index contributed by atoms with van der Waals surface area (Å²) < 4.78 is 38.4. The molecule has 1 aliphatic heterocycles. The summed E-state index contributed by atoms with van der Waals surface area (Å²) in [5, 5.41) is 0. The molecular formula is C16H23NO4S. The Morgan fingerprint density at radius 3 is 2.73 bits per heavy atom. The van der Waals surface area contributed by atoms with Crippen molar-refractivity contribution in [2.24, 2.45) is 5.92 Å². The number of nitrogens with zero attached hydrogens (tertiary/aromatic N) is 1. The zero-order chi connectivity index (χ0) is 15.6. The van der Waals surface area contributed by atoms with Gasteiger partial charge in [-0.3, -0.25) is 0 Å². The van der Waals surface area contributed by atoms with Crippen LogP contribution in [0.4, 0.5) is 0 Å². The van der Waals surface area contributed by atoms with Crippen molar-refractivity contribution in [1.82, 2.24) is 4.31 Å². The summed E-state index contributed by atoms with van der Waals surface area (Å²) in [6.45, 7) is 4.02. The first-order chi connectivity index (χ1) is 10.6. The number of benzene rings is 1. The molecule has 0 aromatic heterocycles. The molecule has 0 N–H and O–H groups in total. The Balaban J connectivity index is 1.70. The number of hydrogen-bond donors (Lipinski definition) is 0. The molecule has 0 spiro atoms. The lowest BCUT2D eigenvalue weighted by Gasteiger charge is -2.18. The van der Waals surface area contributed by atoms with Crippen LogP contribution in [0.3, 0.4) is 0 Å². The van der Waals surface area contributed by atoms with Gasteiger partial charge in [-0.1, -0.05) is 12.1 Å². The number of rotatable bonds is 7. The maximum atomic E-state index is 12.8. The zero-order valence-electron chi connectivity index (χ0n) is 12.9. The molecule has 1 saturated heterocycles. The highest BCUT2D eigenvalue weighted by atomic mass is 32.2. The summed E-state index contributed by atoms with van der Waals surface area (Å²) >= 11 is 0. The van der Waals surface area contributed by atoms with Crippen molar-refractivity contribution < 1.29 is 17.9 Å². The minimum absolute atomic E-state index is 0.0228. The Bertz CT molecular complexity index is 612. The van der Waals surface area contributed by atoms with E-state index in [1.165, 1.54) is 17.1 Å². The molecule has 0 amide bonds. The Labute approximate surface area is 132 Å². The van der Waals surface area contributed by atoms with Crippen molar-refractivity contribution in [3.05, 3.63) is 24.3 Å². The van der Waals surface area contributed by atoms with Crippen LogP contribution >= 0.6 is 0 Å². The van der Waals surface area contributed by atoms with Crippen LogP contribution in [0.1, 0.15) is 26.2 Å². The smallest absolute Gasteiger partial charge is 0.246 e. The topological polar surface area (TPSA) is 55.8 Å². The van der Waals surface area contributed by atoms with E-state index in [1.807, 2.05) is 6.92 Å². The van der Waals surface area contributed by atoms with E-state index in [9.17, 15) is 8.42 Å². The number of hydrogen-bond acceptors (Lipinski definition) is 4. The molecule has 1 aromatic rings. The molecule has 1 unspecified atom stereocenters. The first-order valence-corrected chi connectivity index (χ1v) is 9.39. The molecule has 2 fully saturated rings. The Morgan fingerprint density at radius 1 is 1.23 bits per heavy atom. The van der Waals surface area contributed by atoms with E-state index in [2.05, 4.69) is 0 Å². The molecule has 0 radical (unpaired) electrons. The average molecular weight is 325 g/mol. The van der Waals surface area contributed by atoms with Gasteiger partial charge in [0.15, 0.2) is 0 Å². The SMILES string of the molecule is CCOc1ccccc1S(=O)(=O)N1CCC(OCC2CC2)C1. The van der Waals surface area contributed by atoms with E-state index in [0.29, 0.717) is 31.4 Å². The number of ether oxygens (including phenoxy) is 2. The van der Waals surface area contributed by atoms with Crippen LogP contribution in [0.15, 0.2) is 29.2 Å². The summed E-state index contributed by atoms with van der Waals surface area (Å²) in [4.78, 5) is 0.250. The fraction of sp³-hybridized carbons (Fsp3) is 0.625. The average Bonchev–Trinajstić information content (AvgIpc) is 3.21. The van der Waals surface area contributed by atoms with Crippen molar-refractivity contribution >= 4 is 10.0 Å². The molecule has 3 rings (SSSR count). The summed E-state index contributed by atoms with van der Waals surface area (Å²) in [5.41, 5.74) is 0. The van der Waals surface area contributed by atoms with Crippen LogP contribution in [0, 0.1) is 5.92 Å². The zero-order valence-corrected chi connectivity index (χ0v) is 13.7. The molecule has 1 aromatic carbocycles. The normalized spacial score (nSPS) is 22.9. The van der Waals surface area contributed by atoms with Gasteiger partial charge in [0.05, 0.1) is 12.7 Å². The minimum atomic E-state index is -3.52. The highest BCUT2D eigenvalue weighted by Gasteiger charge is 2.35. The standard InChI is InChI=1S/C16H23NO4S/c1-2-20-15-5-3-4-6-16(15)22(18,19)17-10-9-14(11-17)21-12-13-7-8-13/h3-6,13-14H,2,7-12H2,1H3. The van der Waals surface area contributed by atoms with Crippen LogP contribution in [0.25, 0.3) is 0 Å². The summed E-state index contributed by atoms with van der Waals surface area (Å²) in [5.74, 6) is 1.12. The molecule has 22 heavy (non-hydrogen) atoms. The van der Waals surface area contributed by atoms with Crippen molar-refractivity contribution in [2.75, 3.05) is 26.3 Å². The molecule has 122 valence electrons. The van der Waals surface area contributed by atoms with Crippen LogP contribution in [0.2, 0.25) is 0 Å². The van der Waals surface area contributed by atoms with Crippen LogP contribution in [0.5, 0.6) is 5.75 Å². The second-order valence-corrected chi connectivity index (χ2v) is 7.84. The predicted molar refractivity (Wildman–Crippen MR) is 83.5 cm³/mol. The maximum absolute atomic E-state index is 12.8. The van der Waals surface area contributed by atoms with Crippen LogP contribution < -0.4 is 4.74 Å². The van der Waals surface area contributed by atoms with Gasteiger partial charge in [-0.2, -0.15) is 4.31 Å². The van der Waals surface area contributed by atoms with Gasteiger partial charge in [-0.15, -0.1) is 0 Å². The van der Waals surface area contributed by atoms with Gasteiger partial charge >= 0.3 is 0 Å². The Hall–Kier alpha value is -1.11. The lowest BCUT2D eigenvalue weighted by molar-refractivity contribution is 0.0561. The van der Waals surface area contributed by atoms with E-state index >= 15 is 0 Å². The predicted octanol–water partition coefficient (Wildman–Crippen LogP) is 2.27. The highest BCUT2D eigenvalue weighted by molar-refractivity contribution is 7.89. The second kappa shape index (κ2) is 6.56. The summed E-state index contributed by atoms with van der Waals surface area (Å²) in [6, 6.07) is 6.83. The van der Waals surface area contributed by atoms with E-state index in [1.54, 1.807) is 24.3 Å². The molecule has 2 aliphatic rings. The third-order valence-corrected chi connectivity index (χ3v) is 6.04. The first kappa shape index (κ1) is 15.8. The summed E-state index contributed by atoms with van der Waals surface area (Å²) in [6.07, 6.45) is 3.28. The summed E-state index contributed by atoms with van der Waals surface area (Å²) in [7, 11) is -3.52. The van der Waals surface area contributed by atoms with Crippen molar-refractivity contribution in [3.8, 4) is 5.75 Å². The van der Waals surface area contributed by atoms with Gasteiger partial charge in [0, 0.05) is 19.7 Å². The number of para-hydroxylation sites is 1. The van der Waals surface area contributed by atoms with E-state index in [4.69, 9.17) is 9.47 Å². The molecule has 5 nitrogen and oxygen atoms in total. The van der Waals surface area contributed by atoms with Gasteiger partial charge in [-0.25, -0.2) is 8.42 Å². The largest absolute Gasteiger partial charge is 0.492 e. The fourth-order valence-electron chi connectivity index (χ4n) is 2.69. The highest BCUT2D eigenvalue weighted by Crippen LogP contribution is 2.32. The fourth-order valence-corrected chi connectivity index (χ4v) is 4.30. The molecule has 1 heterocycles. The van der Waals surface area contributed by atoms with Crippen molar-refractivity contribution in [3.63, 3.8) is 0 Å². The molecule has 1 aliphatic carbocycles. The quantitative estimate of drug-likeness (QED) is 0.772. The molecular weight excluding hydrogens is 302 g/mol. The Morgan fingerprint density at radius 2 is 2.00 bits per heavy atom. The lowest BCUT2D eigenvalue weighted by Crippen LogP contribution is -2.30. The van der Waals surface area contributed by atoms with Gasteiger partial charge < -0.3 is 9.47 Å². The first-order valence-electron chi connectivity index (χ1n) is 7.95. The van der Waals surface area contributed by atoms with Crippen LogP contribution in [-0.4, -0.2) is 45.1 Å². The molecule has 6 heteroatoms. The molecule has 1 saturated carbocycles. The second-order valence-electron chi connectivity index (χ2n) is 5.93. The minimum Gasteiger partial charge on any atom is -0.492 e. The molecule has 1 atom stereocenters. The molecule has 0 bridgehead atoms. The van der Waals surface area contributed by atoms with E-state index in [0.717, 1.165) is 13.0 Å². The third-order valence-electron chi connectivity index (χ3n) is 4.14. The third kappa shape index (κ3) is 3.45. The van der Waals surface area contributed by atoms with Gasteiger partial charge in [0.1, 0.15) is 10.6 Å².